The number of nitriles is 1. The van der Waals surface area contributed by atoms with E-state index in [9.17, 15) is 14.9 Å². The summed E-state index contributed by atoms with van der Waals surface area (Å²) in [6, 6.07) is 13.5. The molecular formula is C31H37BN2O6. The van der Waals surface area contributed by atoms with Gasteiger partial charge in [0.2, 0.25) is 5.91 Å². The molecule has 1 N–H and O–H groups in total. The summed E-state index contributed by atoms with van der Waals surface area (Å²) in [6.45, 7) is 10.8. The molecule has 1 spiro atoms. The predicted octanol–water partition coefficient (Wildman–Crippen LogP) is 4.42. The minimum Gasteiger partial charge on any atom is -0.493 e. The standard InChI is InChI=1S/C31H37BN2O6/c1-6-37-27(35)9-7-8-21-11-10-20(19-33)16-25(21)34-28(36)24-18-31(24)14-15-38-26-13-12-22(17-23(26)31)32-39-29(2,3)30(4,5)40-32/h10-13,16-17,24H,6-9,14-15,18H2,1-5H3,(H,34,36)/t24?,31-/m0/s1. The zero-order valence-corrected chi connectivity index (χ0v) is 24.0. The summed E-state index contributed by atoms with van der Waals surface area (Å²) in [4.78, 5) is 25.4. The Morgan fingerprint density at radius 2 is 1.88 bits per heavy atom. The molecule has 2 aromatic carbocycles. The highest BCUT2D eigenvalue weighted by Gasteiger charge is 2.61. The van der Waals surface area contributed by atoms with Crippen molar-refractivity contribution >= 4 is 30.1 Å². The zero-order chi connectivity index (χ0) is 28.7. The van der Waals surface area contributed by atoms with Crippen LogP contribution in [-0.4, -0.2) is 43.4 Å². The van der Waals surface area contributed by atoms with Crippen molar-refractivity contribution < 1.29 is 28.4 Å². The molecule has 5 rings (SSSR count). The fourth-order valence-electron chi connectivity index (χ4n) is 5.75. The van der Waals surface area contributed by atoms with Gasteiger partial charge < -0.3 is 24.1 Å². The smallest absolute Gasteiger partial charge is 0.493 e. The third kappa shape index (κ3) is 5.23. The van der Waals surface area contributed by atoms with Crippen molar-refractivity contribution in [3.05, 3.63) is 53.1 Å². The Hall–Kier alpha value is -3.35. The lowest BCUT2D eigenvalue weighted by Crippen LogP contribution is -2.41. The second-order valence-corrected chi connectivity index (χ2v) is 12.0. The first kappa shape index (κ1) is 28.2. The van der Waals surface area contributed by atoms with Gasteiger partial charge in [-0.25, -0.2) is 0 Å². The molecule has 40 heavy (non-hydrogen) atoms. The van der Waals surface area contributed by atoms with Crippen LogP contribution in [0.5, 0.6) is 5.75 Å². The number of aryl methyl sites for hydroxylation is 1. The van der Waals surface area contributed by atoms with Crippen LogP contribution < -0.4 is 15.5 Å². The van der Waals surface area contributed by atoms with E-state index < -0.39 is 18.3 Å². The zero-order valence-electron chi connectivity index (χ0n) is 24.0. The van der Waals surface area contributed by atoms with Crippen molar-refractivity contribution in [2.24, 2.45) is 5.92 Å². The maximum absolute atomic E-state index is 13.6. The van der Waals surface area contributed by atoms with Crippen LogP contribution >= 0.6 is 0 Å². The molecular weight excluding hydrogens is 507 g/mol. The van der Waals surface area contributed by atoms with Gasteiger partial charge in [-0.3, -0.25) is 9.59 Å². The largest absolute Gasteiger partial charge is 0.494 e. The summed E-state index contributed by atoms with van der Waals surface area (Å²) in [6.07, 6.45) is 2.94. The first-order valence-electron chi connectivity index (χ1n) is 14.1. The molecule has 2 atom stereocenters. The number of esters is 1. The highest BCUT2D eigenvalue weighted by atomic mass is 16.7. The molecule has 0 aromatic heterocycles. The number of hydrogen-bond donors (Lipinski definition) is 1. The number of benzene rings is 2. The van der Waals surface area contributed by atoms with Crippen LogP contribution in [0, 0.1) is 17.2 Å². The summed E-state index contributed by atoms with van der Waals surface area (Å²) in [5.41, 5.74) is 2.71. The lowest BCUT2D eigenvalue weighted by Gasteiger charge is -2.32. The Kier molecular flexibility index (Phi) is 7.45. The van der Waals surface area contributed by atoms with E-state index in [4.69, 9.17) is 18.8 Å². The van der Waals surface area contributed by atoms with Crippen molar-refractivity contribution in [3.63, 3.8) is 0 Å². The quantitative estimate of drug-likeness (QED) is 0.387. The van der Waals surface area contributed by atoms with Gasteiger partial charge in [-0.1, -0.05) is 18.2 Å². The molecule has 8 nitrogen and oxygen atoms in total. The molecule has 3 aliphatic rings. The van der Waals surface area contributed by atoms with Crippen LogP contribution in [0.25, 0.3) is 0 Å². The average molecular weight is 544 g/mol. The van der Waals surface area contributed by atoms with Crippen LogP contribution in [0.2, 0.25) is 0 Å². The molecule has 1 aliphatic carbocycles. The van der Waals surface area contributed by atoms with Gasteiger partial charge in [-0.15, -0.1) is 0 Å². The summed E-state index contributed by atoms with van der Waals surface area (Å²) in [5.74, 6) is 0.269. The van der Waals surface area contributed by atoms with E-state index >= 15 is 0 Å². The summed E-state index contributed by atoms with van der Waals surface area (Å²) in [5, 5.41) is 12.6. The normalized spacial score (nSPS) is 23.6. The van der Waals surface area contributed by atoms with Gasteiger partial charge in [0.05, 0.1) is 36.0 Å². The van der Waals surface area contributed by atoms with Crippen molar-refractivity contribution in [1.29, 1.82) is 5.26 Å². The molecule has 1 saturated heterocycles. The number of nitrogens with zero attached hydrogens (tertiary/aromatic N) is 1. The lowest BCUT2D eigenvalue weighted by molar-refractivity contribution is -0.143. The van der Waals surface area contributed by atoms with Gasteiger partial charge >= 0.3 is 13.1 Å². The number of hydrogen-bond acceptors (Lipinski definition) is 7. The predicted molar refractivity (Wildman–Crippen MR) is 151 cm³/mol. The van der Waals surface area contributed by atoms with Gasteiger partial charge in [-0.05, 0) is 89.5 Å². The van der Waals surface area contributed by atoms with Crippen molar-refractivity contribution in [2.45, 2.75) is 83.3 Å². The SMILES string of the molecule is CCOC(=O)CCCc1ccc(C#N)cc1NC(=O)C1C[C@]12CCOc1ccc(B3OC(C)(C)C(C)(C)O3)cc12. The fourth-order valence-corrected chi connectivity index (χ4v) is 5.75. The summed E-state index contributed by atoms with van der Waals surface area (Å²) in [7, 11) is -0.494. The highest BCUT2D eigenvalue weighted by molar-refractivity contribution is 6.62. The summed E-state index contributed by atoms with van der Waals surface area (Å²) < 4.78 is 23.6. The van der Waals surface area contributed by atoms with Crippen molar-refractivity contribution in [1.82, 2.24) is 0 Å². The number of amides is 1. The Labute approximate surface area is 236 Å². The minimum atomic E-state index is -0.494. The molecule has 1 saturated carbocycles. The molecule has 1 unspecified atom stereocenters. The monoisotopic (exact) mass is 544 g/mol. The molecule has 2 fully saturated rings. The first-order chi connectivity index (χ1) is 19.0. The molecule has 0 bridgehead atoms. The minimum absolute atomic E-state index is 0.0735. The Morgan fingerprint density at radius 1 is 1.12 bits per heavy atom. The van der Waals surface area contributed by atoms with Crippen LogP contribution in [0.15, 0.2) is 36.4 Å². The maximum atomic E-state index is 13.6. The van der Waals surface area contributed by atoms with Crippen LogP contribution in [0.3, 0.4) is 0 Å². The number of ether oxygens (including phenoxy) is 2. The molecule has 210 valence electrons. The Bertz CT molecular complexity index is 1350. The molecule has 1 amide bonds. The topological polar surface area (TPSA) is 107 Å². The third-order valence-electron chi connectivity index (χ3n) is 8.89. The van der Waals surface area contributed by atoms with E-state index in [0.717, 1.165) is 35.2 Å². The number of carbonyl (C=O) groups is 2. The summed E-state index contributed by atoms with van der Waals surface area (Å²) >= 11 is 0. The van der Waals surface area contributed by atoms with E-state index in [-0.39, 0.29) is 23.2 Å². The first-order valence-corrected chi connectivity index (χ1v) is 14.1. The molecule has 2 heterocycles. The Balaban J connectivity index is 1.34. The van der Waals surface area contributed by atoms with E-state index in [1.807, 2.05) is 45.9 Å². The highest BCUT2D eigenvalue weighted by Crippen LogP contribution is 2.61. The van der Waals surface area contributed by atoms with Gasteiger partial charge in [0.25, 0.3) is 0 Å². The number of fused-ring (bicyclic) bond motifs is 2. The molecule has 0 radical (unpaired) electrons. The van der Waals surface area contributed by atoms with Gasteiger partial charge in [0, 0.05) is 29.0 Å². The second kappa shape index (κ2) is 10.6. The van der Waals surface area contributed by atoms with Crippen LogP contribution in [0.1, 0.15) is 77.0 Å². The molecule has 2 aliphatic heterocycles. The lowest BCUT2D eigenvalue weighted by atomic mass is 9.75. The van der Waals surface area contributed by atoms with Crippen LogP contribution in [-0.2, 0) is 35.5 Å². The number of carbonyl (C=O) groups excluding carboxylic acids is 2. The number of anilines is 1. The van der Waals surface area contributed by atoms with E-state index in [1.54, 1.807) is 19.1 Å². The van der Waals surface area contributed by atoms with Crippen molar-refractivity contribution in [3.8, 4) is 11.8 Å². The fraction of sp³-hybridized carbons (Fsp3) is 0.516. The Morgan fingerprint density at radius 3 is 2.58 bits per heavy atom. The van der Waals surface area contributed by atoms with Gasteiger partial charge in [0.15, 0.2) is 0 Å². The molecule has 2 aromatic rings. The van der Waals surface area contributed by atoms with E-state index in [1.165, 1.54) is 0 Å². The van der Waals surface area contributed by atoms with E-state index in [0.29, 0.717) is 43.7 Å². The number of rotatable bonds is 8. The average Bonchev–Trinajstić information content (AvgIpc) is 3.57. The van der Waals surface area contributed by atoms with Gasteiger partial charge in [-0.2, -0.15) is 5.26 Å². The third-order valence-corrected chi connectivity index (χ3v) is 8.89. The van der Waals surface area contributed by atoms with E-state index in [2.05, 4.69) is 17.5 Å². The maximum Gasteiger partial charge on any atom is 0.494 e. The van der Waals surface area contributed by atoms with Crippen LogP contribution in [0.4, 0.5) is 5.69 Å². The number of nitrogens with one attached hydrogen (secondary N) is 1. The van der Waals surface area contributed by atoms with Gasteiger partial charge in [0.1, 0.15) is 5.75 Å². The second-order valence-electron chi connectivity index (χ2n) is 12.0. The molecule has 9 heteroatoms. The van der Waals surface area contributed by atoms with Crippen molar-refractivity contribution in [2.75, 3.05) is 18.5 Å².